The highest BCUT2D eigenvalue weighted by molar-refractivity contribution is 6.23. The predicted octanol–water partition coefficient (Wildman–Crippen LogP) is 3.92. The predicted molar refractivity (Wildman–Crippen MR) is 119 cm³/mol. The molecule has 2 fully saturated rings. The number of rotatable bonds is 6. The smallest absolute Gasteiger partial charge is 0.266 e. The van der Waals surface area contributed by atoms with Crippen molar-refractivity contribution >= 4 is 23.2 Å². The van der Waals surface area contributed by atoms with Crippen LogP contribution in [-0.4, -0.2) is 29.5 Å². The molecule has 3 aromatic rings. The van der Waals surface area contributed by atoms with E-state index in [-0.39, 0.29) is 11.8 Å². The maximum atomic E-state index is 13.6. The Hall–Kier alpha value is -3.71. The molecular formula is C25H23N3O4. The molecule has 5 rings (SSSR count). The van der Waals surface area contributed by atoms with E-state index in [1.807, 2.05) is 49.4 Å². The first-order valence-electron chi connectivity index (χ1n) is 10.7. The van der Waals surface area contributed by atoms with E-state index in [2.05, 4.69) is 4.98 Å². The molecule has 0 bridgehead atoms. The van der Waals surface area contributed by atoms with Gasteiger partial charge in [0, 0.05) is 12.4 Å². The van der Waals surface area contributed by atoms with Gasteiger partial charge in [0.25, 0.3) is 5.91 Å². The van der Waals surface area contributed by atoms with Gasteiger partial charge in [-0.15, -0.1) is 0 Å². The Bertz CT molecular complexity index is 1110. The van der Waals surface area contributed by atoms with Crippen molar-refractivity contribution in [1.29, 1.82) is 0 Å². The molecule has 7 heteroatoms. The number of benzene rings is 2. The number of ether oxygens (including phenoxy) is 1. The highest BCUT2D eigenvalue weighted by atomic mass is 16.7. The largest absolute Gasteiger partial charge is 0.494 e. The van der Waals surface area contributed by atoms with E-state index < -0.39 is 18.1 Å². The number of anilines is 2. The second-order valence-electron chi connectivity index (χ2n) is 7.79. The van der Waals surface area contributed by atoms with Gasteiger partial charge in [-0.3, -0.25) is 19.4 Å². The van der Waals surface area contributed by atoms with Crippen LogP contribution in [0.25, 0.3) is 0 Å². The van der Waals surface area contributed by atoms with Crippen molar-refractivity contribution in [3.8, 4) is 5.75 Å². The Labute approximate surface area is 186 Å². The molecule has 32 heavy (non-hydrogen) atoms. The summed E-state index contributed by atoms with van der Waals surface area (Å²) in [5, 5.41) is 1.68. The second-order valence-corrected chi connectivity index (χ2v) is 7.79. The first-order chi connectivity index (χ1) is 15.7. The lowest BCUT2D eigenvalue weighted by Crippen LogP contribution is -2.37. The first kappa shape index (κ1) is 20.2. The van der Waals surface area contributed by atoms with Gasteiger partial charge in [0.2, 0.25) is 5.91 Å². The van der Waals surface area contributed by atoms with E-state index in [1.165, 1.54) is 4.90 Å². The van der Waals surface area contributed by atoms with E-state index in [0.29, 0.717) is 18.0 Å². The van der Waals surface area contributed by atoms with Crippen LogP contribution in [0.3, 0.4) is 0 Å². The molecule has 2 aliphatic heterocycles. The lowest BCUT2D eigenvalue weighted by molar-refractivity contribution is -0.126. The zero-order valence-corrected chi connectivity index (χ0v) is 17.6. The Morgan fingerprint density at radius 2 is 1.62 bits per heavy atom. The standard InChI is InChI=1S/C25H23N3O4/c1-2-16-31-20-10-8-18(9-11-20)27-24(29)21-22(17-12-14-26-15-13-17)28(32-23(21)25(27)30)19-6-4-3-5-7-19/h3-15,21-23H,2,16H2,1H3/t21-,22-,23-/m0/s1. The molecule has 2 amide bonds. The van der Waals surface area contributed by atoms with Gasteiger partial charge in [0.15, 0.2) is 6.10 Å². The highest BCUT2D eigenvalue weighted by Gasteiger charge is 2.60. The Morgan fingerprint density at radius 1 is 0.906 bits per heavy atom. The Morgan fingerprint density at radius 3 is 2.31 bits per heavy atom. The fraction of sp³-hybridized carbons (Fsp3) is 0.240. The van der Waals surface area contributed by atoms with Crippen LogP contribution in [0, 0.1) is 5.92 Å². The maximum absolute atomic E-state index is 13.6. The molecule has 1 aromatic heterocycles. The molecule has 0 unspecified atom stereocenters. The average Bonchev–Trinajstić information content (AvgIpc) is 3.35. The van der Waals surface area contributed by atoms with Gasteiger partial charge >= 0.3 is 0 Å². The molecule has 0 aliphatic carbocycles. The Kier molecular flexibility index (Phi) is 5.33. The molecule has 3 heterocycles. The number of amides is 2. The molecule has 0 spiro atoms. The topological polar surface area (TPSA) is 72.0 Å². The summed E-state index contributed by atoms with van der Waals surface area (Å²) in [5.41, 5.74) is 2.16. The number of carbonyl (C=O) groups excluding carboxylic acids is 2. The quantitative estimate of drug-likeness (QED) is 0.553. The van der Waals surface area contributed by atoms with Gasteiger partial charge in [-0.2, -0.15) is 0 Å². The summed E-state index contributed by atoms with van der Waals surface area (Å²) in [7, 11) is 0. The summed E-state index contributed by atoms with van der Waals surface area (Å²) in [5.74, 6) is -0.598. The number of hydroxylamine groups is 1. The number of para-hydroxylation sites is 1. The third kappa shape index (κ3) is 3.40. The Balaban J connectivity index is 1.49. The van der Waals surface area contributed by atoms with Gasteiger partial charge in [-0.25, -0.2) is 9.96 Å². The average molecular weight is 429 g/mol. The molecule has 0 saturated carbocycles. The van der Waals surface area contributed by atoms with E-state index in [1.54, 1.807) is 41.7 Å². The molecule has 7 nitrogen and oxygen atoms in total. The van der Waals surface area contributed by atoms with Gasteiger partial charge in [0.05, 0.1) is 24.0 Å². The minimum absolute atomic E-state index is 0.275. The number of nitrogens with zero attached hydrogens (tertiary/aromatic N) is 3. The van der Waals surface area contributed by atoms with Crippen molar-refractivity contribution in [3.05, 3.63) is 84.7 Å². The SMILES string of the molecule is CCCOc1ccc(N2C(=O)[C@@H]3[C@H](ON(c4ccccc4)[C@H]3c3ccncc3)C2=O)cc1. The zero-order chi connectivity index (χ0) is 22.1. The van der Waals surface area contributed by atoms with Gasteiger partial charge in [-0.1, -0.05) is 25.1 Å². The van der Waals surface area contributed by atoms with Crippen molar-refractivity contribution in [2.45, 2.75) is 25.5 Å². The number of carbonyl (C=O) groups is 2. The highest BCUT2D eigenvalue weighted by Crippen LogP contribution is 2.47. The van der Waals surface area contributed by atoms with Crippen LogP contribution < -0.4 is 14.7 Å². The maximum Gasteiger partial charge on any atom is 0.266 e. The van der Waals surface area contributed by atoms with Crippen LogP contribution in [0.15, 0.2) is 79.1 Å². The molecular weight excluding hydrogens is 406 g/mol. The number of hydrogen-bond acceptors (Lipinski definition) is 6. The van der Waals surface area contributed by atoms with Gasteiger partial charge < -0.3 is 4.74 Å². The molecule has 2 saturated heterocycles. The summed E-state index contributed by atoms with van der Waals surface area (Å²) in [6.07, 6.45) is 3.37. The van der Waals surface area contributed by atoms with Crippen LogP contribution in [0.2, 0.25) is 0 Å². The van der Waals surface area contributed by atoms with Crippen molar-refractivity contribution in [1.82, 2.24) is 4.98 Å². The molecule has 0 N–H and O–H groups in total. The summed E-state index contributed by atoms with van der Waals surface area (Å²) >= 11 is 0. The first-order valence-corrected chi connectivity index (χ1v) is 10.7. The number of pyridine rings is 1. The minimum atomic E-state index is -0.892. The number of imide groups is 1. The van der Waals surface area contributed by atoms with Crippen molar-refractivity contribution in [2.75, 3.05) is 16.6 Å². The summed E-state index contributed by atoms with van der Waals surface area (Å²) in [6.45, 7) is 2.65. The summed E-state index contributed by atoms with van der Waals surface area (Å²) in [4.78, 5) is 38.3. The van der Waals surface area contributed by atoms with Crippen LogP contribution in [-0.2, 0) is 14.4 Å². The fourth-order valence-corrected chi connectivity index (χ4v) is 4.28. The summed E-state index contributed by atoms with van der Waals surface area (Å²) in [6, 6.07) is 19.8. The minimum Gasteiger partial charge on any atom is -0.494 e. The zero-order valence-electron chi connectivity index (χ0n) is 17.6. The fourth-order valence-electron chi connectivity index (χ4n) is 4.28. The normalized spacial score (nSPS) is 22.3. The second kappa shape index (κ2) is 8.43. The third-order valence-corrected chi connectivity index (χ3v) is 5.74. The lowest BCUT2D eigenvalue weighted by Gasteiger charge is -2.28. The van der Waals surface area contributed by atoms with Crippen molar-refractivity contribution in [3.63, 3.8) is 0 Å². The third-order valence-electron chi connectivity index (χ3n) is 5.74. The van der Waals surface area contributed by atoms with E-state index >= 15 is 0 Å². The van der Waals surface area contributed by atoms with Crippen LogP contribution in [0.1, 0.15) is 24.9 Å². The molecule has 2 aromatic carbocycles. The monoisotopic (exact) mass is 429 g/mol. The number of aromatic nitrogens is 1. The van der Waals surface area contributed by atoms with Crippen LogP contribution in [0.5, 0.6) is 5.75 Å². The number of hydrogen-bond donors (Lipinski definition) is 0. The van der Waals surface area contributed by atoms with Crippen LogP contribution in [0.4, 0.5) is 11.4 Å². The van der Waals surface area contributed by atoms with E-state index in [0.717, 1.165) is 17.7 Å². The van der Waals surface area contributed by atoms with Crippen molar-refractivity contribution in [2.24, 2.45) is 5.92 Å². The van der Waals surface area contributed by atoms with Crippen molar-refractivity contribution < 1.29 is 19.2 Å². The lowest BCUT2D eigenvalue weighted by atomic mass is 9.91. The number of fused-ring (bicyclic) bond motifs is 1. The van der Waals surface area contributed by atoms with Crippen LogP contribution >= 0.6 is 0 Å². The molecule has 3 atom stereocenters. The van der Waals surface area contributed by atoms with E-state index in [4.69, 9.17) is 9.57 Å². The molecule has 0 radical (unpaired) electrons. The molecule has 162 valence electrons. The van der Waals surface area contributed by atoms with E-state index in [9.17, 15) is 9.59 Å². The van der Waals surface area contributed by atoms with Gasteiger partial charge in [0.1, 0.15) is 11.7 Å². The molecule has 2 aliphatic rings. The summed E-state index contributed by atoms with van der Waals surface area (Å²) < 4.78 is 5.61. The van der Waals surface area contributed by atoms with Gasteiger partial charge in [-0.05, 0) is 60.5 Å².